The Bertz CT molecular complexity index is 582. The molecule has 0 spiro atoms. The van der Waals surface area contributed by atoms with Crippen LogP contribution in [0.3, 0.4) is 0 Å². The summed E-state index contributed by atoms with van der Waals surface area (Å²) in [6.07, 6.45) is 4.46. The molecule has 0 radical (unpaired) electrons. The lowest BCUT2D eigenvalue weighted by atomic mass is 10.1. The van der Waals surface area contributed by atoms with E-state index in [-0.39, 0.29) is 0 Å². The standard InChI is InChI=1S/C20H24S2/c1-5-13-9-10-14(6-2)18-17(13)21-19-15(7-3)11-12-16(8-4)20(19)22-18/h9-12H,5-8H2,1-4H3. The Morgan fingerprint density at radius 2 is 0.727 bits per heavy atom. The molecule has 1 aliphatic heterocycles. The smallest absolute Gasteiger partial charge is 0.0297 e. The first kappa shape index (κ1) is 16.0. The second kappa shape index (κ2) is 6.72. The van der Waals surface area contributed by atoms with Gasteiger partial charge in [0, 0.05) is 19.6 Å². The van der Waals surface area contributed by atoms with Crippen molar-refractivity contribution in [1.29, 1.82) is 0 Å². The van der Waals surface area contributed by atoms with Crippen LogP contribution in [0.5, 0.6) is 0 Å². The molecule has 0 aromatic heterocycles. The predicted octanol–water partition coefficient (Wildman–Crippen LogP) is 6.55. The number of hydrogen-bond acceptors (Lipinski definition) is 2. The molecule has 0 saturated carbocycles. The molecule has 2 aromatic carbocycles. The molecule has 0 nitrogen and oxygen atoms in total. The van der Waals surface area contributed by atoms with Gasteiger partial charge in [-0.2, -0.15) is 0 Å². The van der Waals surface area contributed by atoms with Crippen LogP contribution >= 0.6 is 23.5 Å². The summed E-state index contributed by atoms with van der Waals surface area (Å²) in [5.74, 6) is 0. The topological polar surface area (TPSA) is 0 Å². The van der Waals surface area contributed by atoms with Gasteiger partial charge in [0.15, 0.2) is 0 Å². The van der Waals surface area contributed by atoms with Gasteiger partial charge < -0.3 is 0 Å². The van der Waals surface area contributed by atoms with Gasteiger partial charge in [0.1, 0.15) is 0 Å². The largest absolute Gasteiger partial charge is 0.0871 e. The average molecular weight is 329 g/mol. The quantitative estimate of drug-likeness (QED) is 0.532. The lowest BCUT2D eigenvalue weighted by Gasteiger charge is -2.26. The minimum absolute atomic E-state index is 1.12. The van der Waals surface area contributed by atoms with Crippen LogP contribution in [0, 0.1) is 0 Å². The number of benzene rings is 2. The van der Waals surface area contributed by atoms with E-state index in [1.54, 1.807) is 0 Å². The van der Waals surface area contributed by atoms with Crippen LogP contribution in [0.1, 0.15) is 49.9 Å². The molecule has 0 unspecified atom stereocenters. The van der Waals surface area contributed by atoms with E-state index in [2.05, 4.69) is 52.0 Å². The van der Waals surface area contributed by atoms with Crippen molar-refractivity contribution in [3.63, 3.8) is 0 Å². The van der Waals surface area contributed by atoms with E-state index in [1.807, 2.05) is 23.5 Å². The average Bonchev–Trinajstić information content (AvgIpc) is 2.58. The van der Waals surface area contributed by atoms with Gasteiger partial charge in [-0.05, 0) is 47.9 Å². The Morgan fingerprint density at radius 3 is 0.909 bits per heavy atom. The fourth-order valence-electron chi connectivity index (χ4n) is 3.05. The maximum atomic E-state index is 2.34. The highest BCUT2D eigenvalue weighted by atomic mass is 32.2. The van der Waals surface area contributed by atoms with E-state index < -0.39 is 0 Å². The lowest BCUT2D eigenvalue weighted by molar-refractivity contribution is 0.934. The molecular formula is C20H24S2. The predicted molar refractivity (Wildman–Crippen MR) is 98.6 cm³/mol. The fourth-order valence-corrected chi connectivity index (χ4v) is 6.23. The van der Waals surface area contributed by atoms with Gasteiger partial charge in [-0.1, -0.05) is 75.5 Å². The number of rotatable bonds is 4. The van der Waals surface area contributed by atoms with Gasteiger partial charge in [0.25, 0.3) is 0 Å². The zero-order valence-electron chi connectivity index (χ0n) is 14.0. The molecule has 3 rings (SSSR count). The highest BCUT2D eigenvalue weighted by Gasteiger charge is 2.25. The first-order valence-corrected chi connectivity index (χ1v) is 10.0. The summed E-state index contributed by atoms with van der Waals surface area (Å²) < 4.78 is 0. The lowest BCUT2D eigenvalue weighted by Crippen LogP contribution is -2.03. The van der Waals surface area contributed by atoms with Crippen molar-refractivity contribution in [2.45, 2.75) is 73.0 Å². The van der Waals surface area contributed by atoms with E-state index in [1.165, 1.54) is 41.8 Å². The molecule has 22 heavy (non-hydrogen) atoms. The van der Waals surface area contributed by atoms with Gasteiger partial charge in [-0.15, -0.1) is 0 Å². The molecule has 2 aromatic rings. The summed E-state index contributed by atoms with van der Waals surface area (Å²) in [5.41, 5.74) is 6.00. The summed E-state index contributed by atoms with van der Waals surface area (Å²) in [6, 6.07) is 9.36. The normalized spacial score (nSPS) is 12.9. The van der Waals surface area contributed by atoms with Crippen molar-refractivity contribution >= 4 is 23.5 Å². The van der Waals surface area contributed by atoms with Crippen molar-refractivity contribution in [3.05, 3.63) is 46.5 Å². The van der Waals surface area contributed by atoms with Crippen LogP contribution in [0.2, 0.25) is 0 Å². The second-order valence-corrected chi connectivity index (χ2v) is 7.74. The summed E-state index contributed by atoms with van der Waals surface area (Å²) in [5, 5.41) is 0. The second-order valence-electron chi connectivity index (χ2n) is 5.70. The Balaban J connectivity index is 2.20. The van der Waals surface area contributed by atoms with Gasteiger partial charge in [0.2, 0.25) is 0 Å². The van der Waals surface area contributed by atoms with Crippen molar-refractivity contribution < 1.29 is 0 Å². The zero-order chi connectivity index (χ0) is 15.7. The van der Waals surface area contributed by atoms with Crippen LogP contribution in [-0.4, -0.2) is 0 Å². The number of hydrogen-bond donors (Lipinski definition) is 0. The molecule has 0 fully saturated rings. The first-order chi connectivity index (χ1) is 10.7. The molecule has 0 aliphatic carbocycles. The summed E-state index contributed by atoms with van der Waals surface area (Å²) in [4.78, 5) is 6.06. The summed E-state index contributed by atoms with van der Waals surface area (Å²) >= 11 is 4.05. The molecule has 1 aliphatic rings. The van der Waals surface area contributed by atoms with E-state index in [4.69, 9.17) is 0 Å². The van der Waals surface area contributed by atoms with Crippen molar-refractivity contribution in [2.75, 3.05) is 0 Å². The van der Waals surface area contributed by atoms with E-state index in [9.17, 15) is 0 Å². The molecule has 0 atom stereocenters. The molecule has 0 saturated heterocycles. The third-order valence-corrected chi connectivity index (χ3v) is 7.42. The third-order valence-electron chi connectivity index (χ3n) is 4.48. The van der Waals surface area contributed by atoms with E-state index >= 15 is 0 Å². The molecule has 0 bridgehead atoms. The van der Waals surface area contributed by atoms with Crippen LogP contribution in [0.4, 0.5) is 0 Å². The Labute approximate surface area is 143 Å². The summed E-state index contributed by atoms with van der Waals surface area (Å²) in [6.45, 7) is 9.08. The minimum Gasteiger partial charge on any atom is -0.0871 e. The van der Waals surface area contributed by atoms with Crippen LogP contribution in [0.15, 0.2) is 43.8 Å². The van der Waals surface area contributed by atoms with Crippen LogP contribution in [-0.2, 0) is 25.7 Å². The zero-order valence-corrected chi connectivity index (χ0v) is 15.6. The van der Waals surface area contributed by atoms with Crippen molar-refractivity contribution in [3.8, 4) is 0 Å². The first-order valence-electron chi connectivity index (χ1n) is 8.38. The Hall–Kier alpha value is -0.860. The van der Waals surface area contributed by atoms with Crippen molar-refractivity contribution in [2.24, 2.45) is 0 Å². The molecule has 1 heterocycles. The molecular weight excluding hydrogens is 304 g/mol. The van der Waals surface area contributed by atoms with Gasteiger partial charge in [-0.25, -0.2) is 0 Å². The van der Waals surface area contributed by atoms with Crippen molar-refractivity contribution in [1.82, 2.24) is 0 Å². The Morgan fingerprint density at radius 1 is 0.500 bits per heavy atom. The fraction of sp³-hybridized carbons (Fsp3) is 0.400. The molecule has 0 amide bonds. The van der Waals surface area contributed by atoms with E-state index in [0.717, 1.165) is 25.7 Å². The maximum absolute atomic E-state index is 2.34. The van der Waals surface area contributed by atoms with Gasteiger partial charge in [-0.3, -0.25) is 0 Å². The molecule has 116 valence electrons. The highest BCUT2D eigenvalue weighted by molar-refractivity contribution is 8.05. The maximum Gasteiger partial charge on any atom is 0.0297 e. The van der Waals surface area contributed by atoms with Gasteiger partial charge >= 0.3 is 0 Å². The van der Waals surface area contributed by atoms with E-state index in [0.29, 0.717) is 0 Å². The number of fused-ring (bicyclic) bond motifs is 2. The van der Waals surface area contributed by atoms with Gasteiger partial charge in [0.05, 0.1) is 0 Å². The Kier molecular flexibility index (Phi) is 4.89. The third kappa shape index (κ3) is 2.61. The number of aryl methyl sites for hydroxylation is 4. The SMILES string of the molecule is CCc1ccc(CC)c2c1Sc1c(CC)ccc(CC)c1S2. The minimum atomic E-state index is 1.12. The monoisotopic (exact) mass is 328 g/mol. The van der Waals surface area contributed by atoms with Crippen LogP contribution in [0.25, 0.3) is 0 Å². The van der Waals surface area contributed by atoms with Crippen LogP contribution < -0.4 is 0 Å². The highest BCUT2D eigenvalue weighted by Crippen LogP contribution is 2.53. The summed E-state index contributed by atoms with van der Waals surface area (Å²) in [7, 11) is 0. The molecule has 2 heteroatoms. The molecule has 0 N–H and O–H groups in total.